The first-order valence-electron chi connectivity index (χ1n) is 14.2. The number of amides is 4. The molecule has 220 valence electrons. The third kappa shape index (κ3) is 6.18. The van der Waals surface area contributed by atoms with Crippen molar-refractivity contribution in [3.63, 3.8) is 0 Å². The molecule has 2 aliphatic rings. The van der Waals surface area contributed by atoms with Gasteiger partial charge in [-0.15, -0.1) is 0 Å². The van der Waals surface area contributed by atoms with Crippen LogP contribution in [0.5, 0.6) is 5.75 Å². The lowest BCUT2D eigenvalue weighted by Crippen LogP contribution is -2.76. The van der Waals surface area contributed by atoms with Gasteiger partial charge in [-0.1, -0.05) is 61.5 Å². The van der Waals surface area contributed by atoms with Gasteiger partial charge in [-0.2, -0.15) is 0 Å². The first kappa shape index (κ1) is 28.9. The maximum atomic E-state index is 14.1. The van der Waals surface area contributed by atoms with Crippen molar-refractivity contribution < 1.29 is 19.5 Å². The number of likely N-dealkylation sites (N-methyl/N-ethyl adjacent to an activating group) is 1. The number of anilines is 1. The second kappa shape index (κ2) is 12.5. The summed E-state index contributed by atoms with van der Waals surface area (Å²) in [6.45, 7) is 3.22. The van der Waals surface area contributed by atoms with Crippen molar-refractivity contribution in [2.45, 2.75) is 38.6 Å². The number of piperazine rings is 1. The van der Waals surface area contributed by atoms with Gasteiger partial charge in [0.05, 0.1) is 13.1 Å². The minimum Gasteiger partial charge on any atom is -0.508 e. The van der Waals surface area contributed by atoms with Crippen LogP contribution >= 0.6 is 0 Å². The molecule has 2 atom stereocenters. The van der Waals surface area contributed by atoms with Crippen molar-refractivity contribution in [3.8, 4) is 5.75 Å². The molecule has 2 fully saturated rings. The van der Waals surface area contributed by atoms with Gasteiger partial charge in [-0.3, -0.25) is 9.59 Å². The van der Waals surface area contributed by atoms with Crippen LogP contribution in [0.1, 0.15) is 23.6 Å². The Kier molecular flexibility index (Phi) is 8.63. The molecular formula is C32H38N6O4. The molecule has 10 nitrogen and oxygen atoms in total. The highest BCUT2D eigenvalue weighted by atomic mass is 16.3. The van der Waals surface area contributed by atoms with Crippen LogP contribution in [0, 0.1) is 0 Å². The molecule has 0 bridgehead atoms. The van der Waals surface area contributed by atoms with E-state index in [0.29, 0.717) is 19.6 Å². The van der Waals surface area contributed by atoms with E-state index in [0.717, 1.165) is 22.4 Å². The molecule has 3 aromatic rings. The minimum absolute atomic E-state index is 0.00397. The maximum absolute atomic E-state index is 14.1. The van der Waals surface area contributed by atoms with Crippen molar-refractivity contribution >= 4 is 23.5 Å². The number of carbonyl (C=O) groups is 3. The van der Waals surface area contributed by atoms with E-state index >= 15 is 0 Å². The number of carbonyl (C=O) groups excluding carboxylic acids is 3. The molecule has 42 heavy (non-hydrogen) atoms. The van der Waals surface area contributed by atoms with E-state index in [2.05, 4.69) is 5.32 Å². The van der Waals surface area contributed by atoms with Crippen molar-refractivity contribution in [2.24, 2.45) is 0 Å². The largest absolute Gasteiger partial charge is 0.508 e. The van der Waals surface area contributed by atoms with Crippen LogP contribution in [-0.4, -0.2) is 88.7 Å². The number of nitrogens with one attached hydrogen (secondary N) is 1. The van der Waals surface area contributed by atoms with Gasteiger partial charge in [0.1, 0.15) is 18.0 Å². The van der Waals surface area contributed by atoms with Crippen LogP contribution in [0.2, 0.25) is 0 Å². The van der Waals surface area contributed by atoms with Crippen molar-refractivity contribution in [1.29, 1.82) is 0 Å². The molecule has 2 aliphatic heterocycles. The second-order valence-corrected chi connectivity index (χ2v) is 10.9. The fourth-order valence-electron chi connectivity index (χ4n) is 5.67. The first-order valence-corrected chi connectivity index (χ1v) is 14.2. The molecular weight excluding hydrogens is 532 g/mol. The Morgan fingerprint density at radius 3 is 2.36 bits per heavy atom. The summed E-state index contributed by atoms with van der Waals surface area (Å²) < 4.78 is 0. The van der Waals surface area contributed by atoms with Crippen LogP contribution in [0.25, 0.3) is 0 Å². The summed E-state index contributed by atoms with van der Waals surface area (Å²) in [6.07, 6.45) is -0.417. The predicted molar refractivity (Wildman–Crippen MR) is 160 cm³/mol. The summed E-state index contributed by atoms with van der Waals surface area (Å²) in [7, 11) is 3.94. The Morgan fingerprint density at radius 2 is 1.67 bits per heavy atom. The van der Waals surface area contributed by atoms with Gasteiger partial charge in [0, 0.05) is 45.8 Å². The zero-order chi connectivity index (χ0) is 29.8. The van der Waals surface area contributed by atoms with Crippen LogP contribution < -0.4 is 10.2 Å². The molecule has 0 unspecified atom stereocenters. The number of benzene rings is 3. The number of aromatic hydroxyl groups is 1. The lowest BCUT2D eigenvalue weighted by atomic mass is 9.98. The number of urea groups is 1. The van der Waals surface area contributed by atoms with Crippen LogP contribution in [-0.2, 0) is 29.1 Å². The summed E-state index contributed by atoms with van der Waals surface area (Å²) in [5.41, 5.74) is 3.75. The molecule has 4 amide bonds. The van der Waals surface area contributed by atoms with Gasteiger partial charge in [0.25, 0.3) is 0 Å². The first-order chi connectivity index (χ1) is 20.2. The van der Waals surface area contributed by atoms with E-state index in [1.54, 1.807) is 44.1 Å². The Bertz CT molecular complexity index is 1410. The molecule has 3 aromatic carbocycles. The van der Waals surface area contributed by atoms with E-state index in [9.17, 15) is 19.5 Å². The van der Waals surface area contributed by atoms with Crippen molar-refractivity contribution in [1.82, 2.24) is 25.1 Å². The monoisotopic (exact) mass is 570 g/mol. The molecule has 2 saturated heterocycles. The average molecular weight is 571 g/mol. The summed E-state index contributed by atoms with van der Waals surface area (Å²) in [6, 6.07) is 23.2. The molecule has 2 N–H and O–H groups in total. The lowest BCUT2D eigenvalue weighted by Gasteiger charge is -2.55. The summed E-state index contributed by atoms with van der Waals surface area (Å²) in [5, 5.41) is 16.2. The second-order valence-electron chi connectivity index (χ2n) is 10.9. The number of fused-ring (bicyclic) bond motifs is 1. The van der Waals surface area contributed by atoms with Gasteiger partial charge >= 0.3 is 6.03 Å². The van der Waals surface area contributed by atoms with E-state index in [-0.39, 0.29) is 43.1 Å². The Morgan fingerprint density at radius 1 is 0.952 bits per heavy atom. The smallest absolute Gasteiger partial charge is 0.334 e. The molecule has 2 heterocycles. The fraction of sp³-hybridized carbons (Fsp3) is 0.344. The van der Waals surface area contributed by atoms with Crippen molar-refractivity contribution in [2.75, 3.05) is 38.6 Å². The number of phenolic OH excluding ortho intramolecular Hbond substituents is 1. The summed E-state index contributed by atoms with van der Waals surface area (Å²) in [4.78, 5) is 46.9. The van der Waals surface area contributed by atoms with Crippen LogP contribution in [0.4, 0.5) is 10.5 Å². The number of rotatable bonds is 8. The molecule has 5 rings (SSSR count). The number of hydrogen-bond donors (Lipinski definition) is 2. The predicted octanol–water partition coefficient (Wildman–Crippen LogP) is 3.03. The van der Waals surface area contributed by atoms with E-state index < -0.39 is 12.2 Å². The zero-order valence-corrected chi connectivity index (χ0v) is 24.3. The SMILES string of the molecule is CCN1CC(=O)N2[C@@H](Cc3ccc(O)cc3)C(=O)N(Cc3cccc(N(C)C)c3)C[C@@H]2N1C(=O)NCc1ccccc1. The van der Waals surface area contributed by atoms with Crippen LogP contribution in [0.15, 0.2) is 78.9 Å². The highest BCUT2D eigenvalue weighted by Crippen LogP contribution is 2.30. The number of phenols is 1. The average Bonchev–Trinajstić information content (AvgIpc) is 2.99. The fourth-order valence-corrected chi connectivity index (χ4v) is 5.67. The van der Waals surface area contributed by atoms with Gasteiger partial charge < -0.3 is 25.1 Å². The summed E-state index contributed by atoms with van der Waals surface area (Å²) in [5.74, 6) is -0.235. The van der Waals surface area contributed by atoms with Crippen molar-refractivity contribution in [3.05, 3.63) is 95.6 Å². The third-order valence-corrected chi connectivity index (χ3v) is 7.86. The Labute approximate surface area is 246 Å². The zero-order valence-electron chi connectivity index (χ0n) is 24.3. The molecule has 0 spiro atoms. The molecule has 0 aliphatic carbocycles. The van der Waals surface area contributed by atoms with E-state index in [1.165, 1.54) is 0 Å². The molecule has 10 heteroatoms. The van der Waals surface area contributed by atoms with Gasteiger partial charge in [-0.25, -0.2) is 14.8 Å². The Balaban J connectivity index is 1.48. The van der Waals surface area contributed by atoms with Gasteiger partial charge in [0.15, 0.2) is 0 Å². The Hall–Kier alpha value is -4.57. The highest BCUT2D eigenvalue weighted by Gasteiger charge is 2.51. The van der Waals surface area contributed by atoms with Gasteiger partial charge in [0.2, 0.25) is 11.8 Å². The number of hydrazine groups is 1. The molecule has 0 aromatic heterocycles. The topological polar surface area (TPSA) is 99.7 Å². The lowest BCUT2D eigenvalue weighted by molar-refractivity contribution is -0.190. The standard InChI is InChI=1S/C32H38N6O4/c1-4-36-22-30(40)37-28(18-23-13-15-27(39)16-14-23)31(41)35(20-25-11-8-12-26(17-25)34(2)3)21-29(37)38(36)32(42)33-19-24-9-6-5-7-10-24/h5-17,28-29,39H,4,18-22H2,1-3H3,(H,33,42)/t28-,29-/m0/s1. The van der Waals surface area contributed by atoms with Gasteiger partial charge in [-0.05, 0) is 41.0 Å². The van der Waals surface area contributed by atoms with E-state index in [4.69, 9.17) is 0 Å². The quantitative estimate of drug-likeness (QED) is 0.432. The van der Waals surface area contributed by atoms with E-state index in [1.807, 2.05) is 80.5 Å². The normalized spacial score (nSPS) is 19.1. The third-order valence-electron chi connectivity index (χ3n) is 7.86. The minimum atomic E-state index is -0.804. The van der Waals surface area contributed by atoms with Crippen LogP contribution in [0.3, 0.4) is 0 Å². The molecule has 0 saturated carbocycles. The number of hydrogen-bond acceptors (Lipinski definition) is 6. The maximum Gasteiger partial charge on any atom is 0.334 e. The molecule has 0 radical (unpaired) electrons. The summed E-state index contributed by atoms with van der Waals surface area (Å²) >= 11 is 0. The highest BCUT2D eigenvalue weighted by molar-refractivity contribution is 5.91. The number of nitrogens with zero attached hydrogens (tertiary/aromatic N) is 5.